The van der Waals surface area contributed by atoms with E-state index in [1.807, 2.05) is 42.5 Å². The molecular formula is C19H26N2O4S. The summed E-state index contributed by atoms with van der Waals surface area (Å²) in [6.07, 6.45) is 3.90. The number of rotatable bonds is 8. The first kappa shape index (κ1) is 19.1. The molecule has 1 fully saturated rings. The summed E-state index contributed by atoms with van der Waals surface area (Å²) >= 11 is 0. The fourth-order valence-electron chi connectivity index (χ4n) is 3.38. The number of furan rings is 1. The van der Waals surface area contributed by atoms with E-state index in [-0.39, 0.29) is 12.0 Å². The zero-order valence-corrected chi connectivity index (χ0v) is 15.8. The molecule has 2 aromatic rings. The van der Waals surface area contributed by atoms with E-state index in [0.29, 0.717) is 26.1 Å². The van der Waals surface area contributed by atoms with Crippen molar-refractivity contribution < 1.29 is 17.6 Å². The van der Waals surface area contributed by atoms with E-state index in [0.717, 1.165) is 24.2 Å². The maximum Gasteiger partial charge on any atom is 0.279 e. The van der Waals surface area contributed by atoms with Crippen LogP contribution in [0.25, 0.3) is 0 Å². The summed E-state index contributed by atoms with van der Waals surface area (Å²) in [6, 6.07) is 13.8. The third-order valence-corrected chi connectivity index (χ3v) is 6.49. The van der Waals surface area contributed by atoms with Crippen LogP contribution < -0.4 is 4.72 Å². The van der Waals surface area contributed by atoms with Gasteiger partial charge < -0.3 is 9.15 Å². The molecule has 0 amide bonds. The van der Waals surface area contributed by atoms with E-state index in [9.17, 15) is 8.42 Å². The average molecular weight is 378 g/mol. The Morgan fingerprint density at radius 1 is 1.19 bits per heavy atom. The predicted molar refractivity (Wildman–Crippen MR) is 100 cm³/mol. The van der Waals surface area contributed by atoms with Gasteiger partial charge in [-0.15, -0.1) is 0 Å². The zero-order chi connectivity index (χ0) is 18.4. The van der Waals surface area contributed by atoms with E-state index in [1.165, 1.54) is 4.31 Å². The summed E-state index contributed by atoms with van der Waals surface area (Å²) in [5.74, 6) is 0.865. The maximum atomic E-state index is 12.5. The number of ether oxygens (including phenoxy) is 1. The van der Waals surface area contributed by atoms with Crippen molar-refractivity contribution in [3.05, 3.63) is 60.1 Å². The van der Waals surface area contributed by atoms with Crippen LogP contribution >= 0.6 is 0 Å². The lowest BCUT2D eigenvalue weighted by atomic mass is 9.93. The molecule has 1 saturated heterocycles. The minimum Gasteiger partial charge on any atom is -0.469 e. The molecule has 0 saturated carbocycles. The van der Waals surface area contributed by atoms with Gasteiger partial charge in [-0.25, -0.2) is 4.72 Å². The fourth-order valence-corrected chi connectivity index (χ4v) is 4.63. The third kappa shape index (κ3) is 4.73. The Hall–Kier alpha value is -1.67. The minimum absolute atomic E-state index is 0.0214. The van der Waals surface area contributed by atoms with Gasteiger partial charge >= 0.3 is 0 Å². The number of methoxy groups -OCH3 is 1. The van der Waals surface area contributed by atoms with Crippen LogP contribution in [0.2, 0.25) is 0 Å². The molecule has 1 aliphatic rings. The van der Waals surface area contributed by atoms with Gasteiger partial charge in [-0.3, -0.25) is 0 Å². The standard InChI is InChI=1S/C19H26N2O4S/c1-24-17-10-13-21(14-11-17)26(22,23)20-12-9-18(19-8-5-15-25-19)16-6-3-2-4-7-16/h2-8,15,17-18,20H,9-14H2,1H3/t18-/m0/s1. The molecular weight excluding hydrogens is 352 g/mol. The van der Waals surface area contributed by atoms with Crippen molar-refractivity contribution in [2.45, 2.75) is 31.3 Å². The van der Waals surface area contributed by atoms with Gasteiger partial charge in [0, 0.05) is 32.7 Å². The Kier molecular flexibility index (Phi) is 6.48. The van der Waals surface area contributed by atoms with Crippen LogP contribution in [0.3, 0.4) is 0 Å². The van der Waals surface area contributed by atoms with E-state index in [2.05, 4.69) is 4.72 Å². The molecule has 1 aliphatic heterocycles. The molecule has 0 bridgehead atoms. The zero-order valence-electron chi connectivity index (χ0n) is 15.0. The van der Waals surface area contributed by atoms with Crippen LogP contribution in [0, 0.1) is 0 Å². The second kappa shape index (κ2) is 8.81. The Morgan fingerprint density at radius 3 is 2.54 bits per heavy atom. The van der Waals surface area contributed by atoms with E-state index in [4.69, 9.17) is 9.15 Å². The highest BCUT2D eigenvalue weighted by Gasteiger charge is 2.28. The molecule has 7 heteroatoms. The van der Waals surface area contributed by atoms with Gasteiger partial charge in [-0.1, -0.05) is 30.3 Å². The van der Waals surface area contributed by atoms with Crippen LogP contribution in [0.4, 0.5) is 0 Å². The number of nitrogens with zero attached hydrogens (tertiary/aromatic N) is 1. The molecule has 0 unspecified atom stereocenters. The first-order chi connectivity index (χ1) is 12.6. The smallest absolute Gasteiger partial charge is 0.279 e. The number of nitrogens with one attached hydrogen (secondary N) is 1. The molecule has 2 heterocycles. The van der Waals surface area contributed by atoms with Crippen molar-refractivity contribution in [2.24, 2.45) is 0 Å². The number of hydrogen-bond donors (Lipinski definition) is 1. The Balaban J connectivity index is 1.59. The van der Waals surface area contributed by atoms with Gasteiger partial charge in [0.05, 0.1) is 12.4 Å². The highest BCUT2D eigenvalue weighted by atomic mass is 32.2. The lowest BCUT2D eigenvalue weighted by Gasteiger charge is -2.30. The third-order valence-electron chi connectivity index (χ3n) is 4.88. The molecule has 1 N–H and O–H groups in total. The van der Waals surface area contributed by atoms with Gasteiger partial charge in [0.15, 0.2) is 0 Å². The molecule has 3 rings (SSSR count). The molecule has 0 aliphatic carbocycles. The Labute approximate surface area is 155 Å². The lowest BCUT2D eigenvalue weighted by Crippen LogP contribution is -2.46. The highest BCUT2D eigenvalue weighted by molar-refractivity contribution is 7.87. The molecule has 1 atom stereocenters. The Bertz CT molecular complexity index is 754. The summed E-state index contributed by atoms with van der Waals surface area (Å²) in [5.41, 5.74) is 1.11. The van der Waals surface area contributed by atoms with E-state index >= 15 is 0 Å². The first-order valence-electron chi connectivity index (χ1n) is 8.96. The summed E-state index contributed by atoms with van der Waals surface area (Å²) < 4.78 is 40.2. The van der Waals surface area contributed by atoms with Crippen LogP contribution in [0.5, 0.6) is 0 Å². The highest BCUT2D eigenvalue weighted by Crippen LogP contribution is 2.28. The van der Waals surface area contributed by atoms with Gasteiger partial charge in [0.2, 0.25) is 0 Å². The van der Waals surface area contributed by atoms with Crippen molar-refractivity contribution >= 4 is 10.2 Å². The normalized spacial score (nSPS) is 18.0. The number of benzene rings is 1. The van der Waals surface area contributed by atoms with E-state index < -0.39 is 10.2 Å². The molecule has 142 valence electrons. The van der Waals surface area contributed by atoms with Crippen LogP contribution in [-0.4, -0.2) is 45.6 Å². The van der Waals surface area contributed by atoms with Crippen molar-refractivity contribution in [3.63, 3.8) is 0 Å². The minimum atomic E-state index is -3.46. The van der Waals surface area contributed by atoms with E-state index in [1.54, 1.807) is 13.4 Å². The van der Waals surface area contributed by atoms with Crippen molar-refractivity contribution in [1.82, 2.24) is 9.03 Å². The summed E-state index contributed by atoms with van der Waals surface area (Å²) in [6.45, 7) is 1.34. The fraction of sp³-hybridized carbons (Fsp3) is 0.474. The summed E-state index contributed by atoms with van der Waals surface area (Å²) in [5, 5.41) is 0. The maximum absolute atomic E-state index is 12.5. The molecule has 26 heavy (non-hydrogen) atoms. The molecule has 0 radical (unpaired) electrons. The molecule has 1 aromatic heterocycles. The molecule has 1 aromatic carbocycles. The predicted octanol–water partition coefficient (Wildman–Crippen LogP) is 2.75. The largest absolute Gasteiger partial charge is 0.469 e. The topological polar surface area (TPSA) is 71.8 Å². The Morgan fingerprint density at radius 2 is 1.92 bits per heavy atom. The lowest BCUT2D eigenvalue weighted by molar-refractivity contribution is 0.0602. The second-order valence-corrected chi connectivity index (χ2v) is 8.26. The SMILES string of the molecule is COC1CCN(S(=O)(=O)NCC[C@@H](c2ccccc2)c2ccco2)CC1. The number of hydrogen-bond acceptors (Lipinski definition) is 4. The van der Waals surface area contributed by atoms with Gasteiger partial charge in [-0.2, -0.15) is 12.7 Å². The van der Waals surface area contributed by atoms with Crippen molar-refractivity contribution in [2.75, 3.05) is 26.7 Å². The molecule has 6 nitrogen and oxygen atoms in total. The molecule has 0 spiro atoms. The van der Waals surface area contributed by atoms with Gasteiger partial charge in [0.1, 0.15) is 5.76 Å². The van der Waals surface area contributed by atoms with Gasteiger partial charge in [-0.05, 0) is 37.0 Å². The quantitative estimate of drug-likeness (QED) is 0.767. The summed E-state index contributed by atoms with van der Waals surface area (Å²) in [7, 11) is -1.79. The first-order valence-corrected chi connectivity index (χ1v) is 10.4. The monoisotopic (exact) mass is 378 g/mol. The number of piperidine rings is 1. The van der Waals surface area contributed by atoms with Crippen LogP contribution in [-0.2, 0) is 14.9 Å². The van der Waals surface area contributed by atoms with Gasteiger partial charge in [0.25, 0.3) is 10.2 Å². The summed E-state index contributed by atoms with van der Waals surface area (Å²) in [4.78, 5) is 0. The van der Waals surface area contributed by atoms with Crippen LogP contribution in [0.15, 0.2) is 53.1 Å². The second-order valence-electron chi connectivity index (χ2n) is 6.50. The van der Waals surface area contributed by atoms with Crippen molar-refractivity contribution in [3.8, 4) is 0 Å². The average Bonchev–Trinajstić information content (AvgIpc) is 3.20. The van der Waals surface area contributed by atoms with Crippen molar-refractivity contribution in [1.29, 1.82) is 0 Å². The van der Waals surface area contributed by atoms with Crippen LogP contribution in [0.1, 0.15) is 36.5 Å².